The van der Waals surface area contributed by atoms with Gasteiger partial charge in [0, 0.05) is 56.3 Å². The second-order valence-electron chi connectivity index (χ2n) is 14.1. The van der Waals surface area contributed by atoms with Gasteiger partial charge in [0.2, 0.25) is 0 Å². The van der Waals surface area contributed by atoms with Crippen molar-refractivity contribution in [2.45, 2.75) is 125 Å². The lowest BCUT2D eigenvalue weighted by atomic mass is 9.74. The molecule has 0 aromatic heterocycles. The average molecular weight is 635 g/mol. The third kappa shape index (κ3) is 7.44. The zero-order chi connectivity index (χ0) is 32.5. The van der Waals surface area contributed by atoms with E-state index in [9.17, 15) is 35.7 Å². The molecule has 14 nitrogen and oxygen atoms in total. The topological polar surface area (TPSA) is 273 Å². The van der Waals surface area contributed by atoms with Crippen LogP contribution < -0.4 is 22.9 Å². The molecule has 14 heteroatoms. The van der Waals surface area contributed by atoms with Crippen LogP contribution in [0.15, 0.2) is 0 Å². The molecule has 0 radical (unpaired) electrons. The first-order chi connectivity index (χ1) is 20.9. The summed E-state index contributed by atoms with van der Waals surface area (Å²) in [5, 5.41) is 73.0. The quantitative estimate of drug-likeness (QED) is 0.111. The molecule has 4 aliphatic rings. The molecule has 0 bridgehead atoms. The summed E-state index contributed by atoms with van der Waals surface area (Å²) in [4.78, 5) is 0. The number of hydrogen-bond donors (Lipinski definition) is 11. The van der Waals surface area contributed by atoms with E-state index < -0.39 is 85.0 Å². The highest BCUT2D eigenvalue weighted by molar-refractivity contribution is 5.02. The highest BCUT2D eigenvalue weighted by Gasteiger charge is 2.50. The number of rotatable bonds is 10. The Kier molecular flexibility index (Phi) is 12.8. The molecule has 0 aromatic rings. The summed E-state index contributed by atoms with van der Waals surface area (Å²) in [5.41, 5.74) is 25.5. The van der Waals surface area contributed by atoms with E-state index in [1.54, 1.807) is 0 Å². The largest absolute Gasteiger partial charge is 0.396 e. The molecule has 4 fully saturated rings. The minimum Gasteiger partial charge on any atom is -0.396 e. The first kappa shape index (κ1) is 36.3. The van der Waals surface area contributed by atoms with Gasteiger partial charge in [0.1, 0.15) is 0 Å². The summed E-state index contributed by atoms with van der Waals surface area (Å²) >= 11 is 0. The molecule has 0 saturated heterocycles. The summed E-state index contributed by atoms with van der Waals surface area (Å²) in [5.74, 6) is -1.60. The zero-order valence-electron chi connectivity index (χ0n) is 26.0. The zero-order valence-corrected chi connectivity index (χ0v) is 26.0. The molecule has 0 spiro atoms. The lowest BCUT2D eigenvalue weighted by Crippen LogP contribution is -2.64. The van der Waals surface area contributed by atoms with Crippen LogP contribution in [0.1, 0.15) is 46.0 Å². The van der Waals surface area contributed by atoms with E-state index in [2.05, 4.69) is 0 Å². The highest BCUT2D eigenvalue weighted by atomic mass is 16.5. The van der Waals surface area contributed by atoms with Crippen LogP contribution in [-0.4, -0.2) is 141 Å². The van der Waals surface area contributed by atoms with E-state index in [0.717, 1.165) is 0 Å². The molecule has 15 N–H and O–H groups in total. The smallest absolute Gasteiger partial charge is 0.0981 e. The average Bonchev–Trinajstić information content (AvgIpc) is 3.01. The first-order valence-electron chi connectivity index (χ1n) is 16.3. The van der Waals surface area contributed by atoms with Gasteiger partial charge >= 0.3 is 0 Å². The van der Waals surface area contributed by atoms with Crippen molar-refractivity contribution < 1.29 is 50.0 Å². The van der Waals surface area contributed by atoms with Crippen molar-refractivity contribution in [1.29, 1.82) is 0 Å². The maximum atomic E-state index is 11.3. The minimum atomic E-state index is -1.21. The van der Waals surface area contributed by atoms with Gasteiger partial charge in [-0.1, -0.05) is 13.8 Å². The molecule has 4 aliphatic carbocycles. The Morgan fingerprint density at radius 2 is 0.955 bits per heavy atom. The van der Waals surface area contributed by atoms with Crippen molar-refractivity contribution in [3.05, 3.63) is 0 Å². The predicted octanol–water partition coefficient (Wildman–Crippen LogP) is -3.65. The van der Waals surface area contributed by atoms with Crippen LogP contribution in [0.4, 0.5) is 0 Å². The van der Waals surface area contributed by atoms with Gasteiger partial charge in [0.05, 0.1) is 67.0 Å². The van der Waals surface area contributed by atoms with Crippen LogP contribution in [0.5, 0.6) is 0 Å². The van der Waals surface area contributed by atoms with Crippen LogP contribution in [0.3, 0.4) is 0 Å². The maximum Gasteiger partial charge on any atom is 0.0981 e. The van der Waals surface area contributed by atoms with Crippen molar-refractivity contribution in [2.75, 3.05) is 26.4 Å². The fourth-order valence-electron chi connectivity index (χ4n) is 8.08. The van der Waals surface area contributed by atoms with Gasteiger partial charge in [-0.25, -0.2) is 0 Å². The van der Waals surface area contributed by atoms with Crippen LogP contribution in [-0.2, 0) is 14.2 Å². The molecule has 0 aliphatic heterocycles. The molecule has 44 heavy (non-hydrogen) atoms. The van der Waals surface area contributed by atoms with Crippen molar-refractivity contribution in [1.82, 2.24) is 0 Å². The van der Waals surface area contributed by atoms with Gasteiger partial charge in [0.15, 0.2) is 0 Å². The van der Waals surface area contributed by atoms with Crippen molar-refractivity contribution in [2.24, 2.45) is 58.4 Å². The van der Waals surface area contributed by atoms with Gasteiger partial charge in [-0.15, -0.1) is 0 Å². The monoisotopic (exact) mass is 634 g/mol. The Balaban J connectivity index is 1.39. The lowest BCUT2D eigenvalue weighted by Gasteiger charge is -2.49. The second kappa shape index (κ2) is 15.6. The van der Waals surface area contributed by atoms with Gasteiger partial charge in [0.25, 0.3) is 0 Å². The van der Waals surface area contributed by atoms with E-state index in [-0.39, 0.29) is 62.4 Å². The van der Waals surface area contributed by atoms with Crippen LogP contribution in [0.25, 0.3) is 0 Å². The minimum absolute atomic E-state index is 0.0277. The Labute approximate surface area is 260 Å². The molecule has 4 saturated carbocycles. The number of ether oxygens (including phenoxy) is 3. The number of aliphatic hydroxyl groups is 7. The summed E-state index contributed by atoms with van der Waals surface area (Å²) in [6.45, 7) is 2.97. The number of nitrogens with two attached hydrogens (primary N) is 4. The molecule has 0 amide bonds. The second-order valence-corrected chi connectivity index (χ2v) is 14.1. The van der Waals surface area contributed by atoms with Gasteiger partial charge in [-0.05, 0) is 49.9 Å². The van der Waals surface area contributed by atoms with Crippen LogP contribution >= 0.6 is 0 Å². The summed E-state index contributed by atoms with van der Waals surface area (Å²) in [6.07, 6.45) is -4.96. The number of hydrogen-bond acceptors (Lipinski definition) is 14. The van der Waals surface area contributed by atoms with Gasteiger partial charge in [-0.2, -0.15) is 0 Å². The molecule has 0 aromatic carbocycles. The maximum absolute atomic E-state index is 11.3. The third-order valence-corrected chi connectivity index (χ3v) is 11.3. The number of aliphatic hydroxyl groups excluding tert-OH is 7. The first-order valence-corrected chi connectivity index (χ1v) is 16.3. The van der Waals surface area contributed by atoms with Crippen LogP contribution in [0.2, 0.25) is 0 Å². The Bertz CT molecular complexity index is 889. The van der Waals surface area contributed by atoms with E-state index in [0.29, 0.717) is 25.7 Å². The predicted molar refractivity (Wildman–Crippen MR) is 160 cm³/mol. The fraction of sp³-hybridized carbons (Fsp3) is 1.00. The molecule has 19 unspecified atom stereocenters. The summed E-state index contributed by atoms with van der Waals surface area (Å²) in [6, 6.07) is -2.59. The molecular formula is C30H58N4O10. The normalized spacial score (nSPS) is 52.2. The lowest BCUT2D eigenvalue weighted by molar-refractivity contribution is -0.206. The molecule has 258 valence electrons. The van der Waals surface area contributed by atoms with Crippen LogP contribution in [0, 0.1) is 35.5 Å². The van der Waals surface area contributed by atoms with Crippen molar-refractivity contribution in [3.8, 4) is 0 Å². The van der Waals surface area contributed by atoms with Gasteiger partial charge in [-0.3, -0.25) is 0 Å². The molecular weight excluding hydrogens is 576 g/mol. The Morgan fingerprint density at radius 3 is 1.55 bits per heavy atom. The van der Waals surface area contributed by atoms with Crippen molar-refractivity contribution >= 4 is 0 Å². The van der Waals surface area contributed by atoms with Gasteiger partial charge < -0.3 is 72.9 Å². The fourth-order valence-corrected chi connectivity index (χ4v) is 8.08. The Morgan fingerprint density at radius 1 is 0.500 bits per heavy atom. The molecule has 4 rings (SSSR count). The summed E-state index contributed by atoms with van der Waals surface area (Å²) < 4.78 is 19.0. The standard InChI is InChI=1S/C30H58N4O10/c1-12-3-16(10-37)29(27(40)23(12)32)43-20-5-15(9-36)19(7-18(20)31)42-21-6-17(11-38)30(28(41)25(21)34)44-22-4-14(8-35)13(2)26(39)24(22)33/h12-30,35-41H,3-11,31-34H2,1-2H3. The van der Waals surface area contributed by atoms with E-state index >= 15 is 0 Å². The van der Waals surface area contributed by atoms with Crippen molar-refractivity contribution in [3.63, 3.8) is 0 Å². The summed E-state index contributed by atoms with van der Waals surface area (Å²) in [7, 11) is 0. The Hall–Kier alpha value is -0.560. The molecule has 0 heterocycles. The molecule has 19 atom stereocenters. The van der Waals surface area contributed by atoms with E-state index in [1.165, 1.54) is 0 Å². The van der Waals surface area contributed by atoms with E-state index in [1.807, 2.05) is 13.8 Å². The SMILES string of the molecule is CC1CC(CO)C(OC2CC(CO)C(OC3CC(CO)C(OC4CC(CO)C(C)C(O)C4N)C(O)C3N)CC2N)C(O)C1N. The van der Waals surface area contributed by atoms with E-state index in [4.69, 9.17) is 37.1 Å². The highest BCUT2D eigenvalue weighted by Crippen LogP contribution is 2.39. The third-order valence-electron chi connectivity index (χ3n) is 11.3.